The molecule has 2 unspecified atom stereocenters. The van der Waals surface area contributed by atoms with Gasteiger partial charge in [0, 0.05) is 18.7 Å². The van der Waals surface area contributed by atoms with Gasteiger partial charge in [-0.15, -0.1) is 0 Å². The minimum Gasteiger partial charge on any atom is -0.368 e. The van der Waals surface area contributed by atoms with Crippen molar-refractivity contribution in [3.63, 3.8) is 0 Å². The van der Waals surface area contributed by atoms with E-state index in [2.05, 4.69) is 5.32 Å². The first kappa shape index (κ1) is 9.93. The molecule has 0 aromatic rings. The second-order valence-corrected chi connectivity index (χ2v) is 4.21. The maximum Gasteiger partial charge on any atom is 0.249 e. The van der Waals surface area contributed by atoms with Crippen LogP contribution in [0.25, 0.3) is 0 Å². The van der Waals surface area contributed by atoms with Crippen molar-refractivity contribution in [2.24, 2.45) is 5.73 Å². The van der Waals surface area contributed by atoms with Crippen LogP contribution in [0.3, 0.4) is 0 Å². The molecule has 3 N–H and O–H groups in total. The molecular weight excluding hydrogens is 180 g/mol. The van der Waals surface area contributed by atoms with Gasteiger partial charge in [-0.2, -0.15) is 0 Å². The Bertz CT molecular complexity index is 214. The normalized spacial score (nSPS) is 37.4. The summed E-state index contributed by atoms with van der Waals surface area (Å²) in [4.78, 5) is 11.7. The second-order valence-electron chi connectivity index (χ2n) is 4.21. The molecule has 0 aromatic heterocycles. The number of hydrogen-bond acceptors (Lipinski definition) is 3. The number of hydrogen-bond donors (Lipinski definition) is 2. The molecule has 14 heavy (non-hydrogen) atoms. The monoisotopic (exact) mass is 198 g/mol. The Morgan fingerprint density at radius 2 is 2.14 bits per heavy atom. The number of amides is 1. The SMILES string of the molecule is NC1CCCC1NC(=O)[C@@H]1CCCO1. The molecule has 0 radical (unpaired) electrons. The van der Waals surface area contributed by atoms with Gasteiger partial charge in [0.05, 0.1) is 0 Å². The van der Waals surface area contributed by atoms with Crippen LogP contribution in [0.4, 0.5) is 0 Å². The molecule has 2 aliphatic rings. The van der Waals surface area contributed by atoms with E-state index >= 15 is 0 Å². The summed E-state index contributed by atoms with van der Waals surface area (Å²) in [7, 11) is 0. The predicted molar refractivity (Wildman–Crippen MR) is 52.7 cm³/mol. The van der Waals surface area contributed by atoms with Gasteiger partial charge in [-0.1, -0.05) is 0 Å². The summed E-state index contributed by atoms with van der Waals surface area (Å²) in [6.45, 7) is 0.717. The highest BCUT2D eigenvalue weighted by atomic mass is 16.5. The minimum atomic E-state index is -0.220. The van der Waals surface area contributed by atoms with Gasteiger partial charge in [-0.3, -0.25) is 4.79 Å². The molecule has 1 saturated heterocycles. The molecule has 0 spiro atoms. The van der Waals surface area contributed by atoms with Crippen molar-refractivity contribution in [2.45, 2.75) is 50.3 Å². The van der Waals surface area contributed by atoms with E-state index in [0.29, 0.717) is 0 Å². The fraction of sp³-hybridized carbons (Fsp3) is 0.900. The standard InChI is InChI=1S/C10H18N2O2/c11-7-3-1-4-8(7)12-10(13)9-5-2-6-14-9/h7-9H,1-6,11H2,(H,12,13)/t7?,8?,9-/m0/s1. The lowest BCUT2D eigenvalue weighted by molar-refractivity contribution is -0.130. The van der Waals surface area contributed by atoms with Crippen LogP contribution >= 0.6 is 0 Å². The van der Waals surface area contributed by atoms with Crippen molar-refractivity contribution >= 4 is 5.91 Å². The molecule has 1 saturated carbocycles. The van der Waals surface area contributed by atoms with Crippen molar-refractivity contribution < 1.29 is 9.53 Å². The van der Waals surface area contributed by atoms with Crippen LogP contribution in [0.15, 0.2) is 0 Å². The van der Waals surface area contributed by atoms with Crippen molar-refractivity contribution in [3.8, 4) is 0 Å². The zero-order valence-electron chi connectivity index (χ0n) is 8.37. The van der Waals surface area contributed by atoms with Crippen LogP contribution in [0.2, 0.25) is 0 Å². The molecule has 2 rings (SSSR count). The first-order valence-electron chi connectivity index (χ1n) is 5.45. The first-order valence-corrected chi connectivity index (χ1v) is 5.45. The third-order valence-electron chi connectivity index (χ3n) is 3.12. The molecule has 4 nitrogen and oxygen atoms in total. The first-order chi connectivity index (χ1) is 6.77. The Labute approximate surface area is 84.2 Å². The van der Waals surface area contributed by atoms with Gasteiger partial charge >= 0.3 is 0 Å². The zero-order chi connectivity index (χ0) is 9.97. The van der Waals surface area contributed by atoms with Gasteiger partial charge in [0.1, 0.15) is 6.10 Å². The Balaban J connectivity index is 1.81. The summed E-state index contributed by atoms with van der Waals surface area (Å²) >= 11 is 0. The fourth-order valence-corrected chi connectivity index (χ4v) is 2.23. The van der Waals surface area contributed by atoms with Crippen molar-refractivity contribution in [1.29, 1.82) is 0 Å². The summed E-state index contributed by atoms with van der Waals surface area (Å²) < 4.78 is 5.31. The lowest BCUT2D eigenvalue weighted by Gasteiger charge is -2.19. The Morgan fingerprint density at radius 3 is 2.71 bits per heavy atom. The van der Waals surface area contributed by atoms with Gasteiger partial charge in [0.15, 0.2) is 0 Å². The third kappa shape index (κ3) is 2.07. The molecule has 1 aliphatic carbocycles. The highest BCUT2D eigenvalue weighted by molar-refractivity contribution is 5.81. The van der Waals surface area contributed by atoms with Gasteiger partial charge < -0.3 is 15.8 Å². The van der Waals surface area contributed by atoms with Crippen LogP contribution in [-0.4, -0.2) is 30.7 Å². The number of rotatable bonds is 2. The Morgan fingerprint density at radius 1 is 1.29 bits per heavy atom. The van der Waals surface area contributed by atoms with Crippen LogP contribution in [-0.2, 0) is 9.53 Å². The summed E-state index contributed by atoms with van der Waals surface area (Å²) in [5.41, 5.74) is 5.87. The molecular formula is C10H18N2O2. The fourth-order valence-electron chi connectivity index (χ4n) is 2.23. The van der Waals surface area contributed by atoms with E-state index in [0.717, 1.165) is 38.7 Å². The lowest BCUT2D eigenvalue weighted by atomic mass is 10.1. The van der Waals surface area contributed by atoms with E-state index < -0.39 is 0 Å². The molecule has 80 valence electrons. The van der Waals surface area contributed by atoms with Gasteiger partial charge in [-0.25, -0.2) is 0 Å². The van der Waals surface area contributed by atoms with Gasteiger partial charge in [0.2, 0.25) is 5.91 Å². The van der Waals surface area contributed by atoms with Crippen molar-refractivity contribution in [1.82, 2.24) is 5.32 Å². The molecule has 0 aromatic carbocycles. The second kappa shape index (κ2) is 4.28. The number of nitrogens with one attached hydrogen (secondary N) is 1. The summed E-state index contributed by atoms with van der Waals surface area (Å²) in [6, 6.07) is 0.312. The van der Waals surface area contributed by atoms with Crippen LogP contribution in [0, 0.1) is 0 Å². The maximum absolute atomic E-state index is 11.7. The molecule has 1 aliphatic heterocycles. The number of ether oxygens (including phenoxy) is 1. The zero-order valence-corrected chi connectivity index (χ0v) is 8.37. The lowest BCUT2D eigenvalue weighted by Crippen LogP contribution is -2.47. The van der Waals surface area contributed by atoms with E-state index in [4.69, 9.17) is 10.5 Å². The third-order valence-corrected chi connectivity index (χ3v) is 3.12. The Kier molecular flexibility index (Phi) is 3.03. The van der Waals surface area contributed by atoms with Gasteiger partial charge in [-0.05, 0) is 32.1 Å². The Hall–Kier alpha value is -0.610. The van der Waals surface area contributed by atoms with Crippen LogP contribution in [0.5, 0.6) is 0 Å². The highest BCUT2D eigenvalue weighted by Crippen LogP contribution is 2.18. The average Bonchev–Trinajstić information content (AvgIpc) is 2.77. The minimum absolute atomic E-state index is 0.0323. The number of carbonyl (C=O) groups excluding carboxylic acids is 1. The van der Waals surface area contributed by atoms with Crippen LogP contribution < -0.4 is 11.1 Å². The quantitative estimate of drug-likeness (QED) is 0.664. The molecule has 0 bridgehead atoms. The number of nitrogens with two attached hydrogens (primary N) is 1. The van der Waals surface area contributed by atoms with E-state index in [-0.39, 0.29) is 24.1 Å². The van der Waals surface area contributed by atoms with Crippen molar-refractivity contribution in [2.75, 3.05) is 6.61 Å². The molecule has 1 amide bonds. The van der Waals surface area contributed by atoms with E-state index in [1.165, 1.54) is 0 Å². The molecule has 2 fully saturated rings. The largest absolute Gasteiger partial charge is 0.368 e. The number of carbonyl (C=O) groups is 1. The van der Waals surface area contributed by atoms with Crippen LogP contribution in [0.1, 0.15) is 32.1 Å². The van der Waals surface area contributed by atoms with E-state index in [1.807, 2.05) is 0 Å². The molecule has 3 atom stereocenters. The van der Waals surface area contributed by atoms with E-state index in [1.54, 1.807) is 0 Å². The topological polar surface area (TPSA) is 64.3 Å². The van der Waals surface area contributed by atoms with E-state index in [9.17, 15) is 4.79 Å². The van der Waals surface area contributed by atoms with Crippen molar-refractivity contribution in [3.05, 3.63) is 0 Å². The summed E-state index contributed by atoms with van der Waals surface area (Å²) in [5, 5.41) is 2.98. The predicted octanol–water partition coefficient (Wildman–Crippen LogP) is 0.161. The summed E-state index contributed by atoms with van der Waals surface area (Å²) in [6.07, 6.45) is 4.79. The smallest absolute Gasteiger partial charge is 0.249 e. The maximum atomic E-state index is 11.7. The van der Waals surface area contributed by atoms with Gasteiger partial charge in [0.25, 0.3) is 0 Å². The average molecular weight is 198 g/mol. The molecule has 1 heterocycles. The molecule has 4 heteroatoms. The summed E-state index contributed by atoms with van der Waals surface area (Å²) in [5.74, 6) is 0.0323. The highest BCUT2D eigenvalue weighted by Gasteiger charge is 2.29.